The second-order valence-corrected chi connectivity index (χ2v) is 28.6. The monoisotopic (exact) mass is 762 g/mol. The molecule has 6 aliphatic rings. The second-order valence-electron chi connectivity index (χ2n) is 19.0. The Morgan fingerprint density at radius 2 is 1.17 bits per heavy atom. The normalized spacial score (nSPS) is 35.3. The average molecular weight is 763 g/mol. The molecule has 3 saturated carbocycles. The molecule has 3 aliphatic heterocycles. The van der Waals surface area contributed by atoms with E-state index in [1.165, 1.54) is 11.6 Å². The molecule has 0 radical (unpaired) electrons. The molecule has 3 saturated heterocycles. The highest BCUT2D eigenvalue weighted by molar-refractivity contribution is 6.91. The molecule has 290 valence electrons. The zero-order chi connectivity index (χ0) is 37.3. The summed E-state index contributed by atoms with van der Waals surface area (Å²) in [6.07, 6.45) is 7.20. The number of rotatable bonds is 7. The lowest BCUT2D eigenvalue weighted by Gasteiger charge is -2.48. The molecule has 0 N–H and O–H groups in total. The van der Waals surface area contributed by atoms with Crippen LogP contribution in [-0.4, -0.2) is 77.2 Å². The van der Waals surface area contributed by atoms with Crippen LogP contribution in [0.5, 0.6) is 0 Å². The highest BCUT2D eigenvalue weighted by Crippen LogP contribution is 2.55. The number of benzene rings is 2. The Kier molecular flexibility index (Phi) is 9.99. The Morgan fingerprint density at radius 3 is 1.70 bits per heavy atom. The molecule has 2 aromatic carbocycles. The van der Waals surface area contributed by atoms with Crippen molar-refractivity contribution in [2.24, 2.45) is 0 Å². The van der Waals surface area contributed by atoms with E-state index in [9.17, 15) is 0 Å². The van der Waals surface area contributed by atoms with Crippen molar-refractivity contribution in [3.63, 3.8) is 0 Å². The van der Waals surface area contributed by atoms with Gasteiger partial charge in [0.1, 0.15) is 30.5 Å². The van der Waals surface area contributed by atoms with Crippen molar-refractivity contribution in [2.45, 2.75) is 182 Å². The number of fused-ring (bicyclic) bond motifs is 3. The molecule has 53 heavy (non-hydrogen) atoms. The first-order valence-corrected chi connectivity index (χ1v) is 26.5. The van der Waals surface area contributed by atoms with E-state index in [1.54, 1.807) is 0 Å². The minimum atomic E-state index is -2.43. The van der Waals surface area contributed by atoms with Gasteiger partial charge in [0.05, 0.1) is 8.07 Å². The van der Waals surface area contributed by atoms with E-state index < -0.39 is 64.1 Å². The summed E-state index contributed by atoms with van der Waals surface area (Å²) in [7, 11) is -4.49. The molecule has 8 nitrogen and oxygen atoms in total. The third-order valence-electron chi connectivity index (χ3n) is 14.2. The molecular formula is C43H62O8Si2. The van der Waals surface area contributed by atoms with Crippen molar-refractivity contribution in [3.05, 3.63) is 66.2 Å². The quantitative estimate of drug-likeness (QED) is 0.205. The predicted octanol–water partition coefficient (Wildman–Crippen LogP) is 8.49. The fourth-order valence-electron chi connectivity index (χ4n) is 9.81. The van der Waals surface area contributed by atoms with Crippen molar-refractivity contribution in [2.75, 3.05) is 6.61 Å². The van der Waals surface area contributed by atoms with Gasteiger partial charge in [0.2, 0.25) is 0 Å². The minimum Gasteiger partial charge on any atom is -0.454 e. The summed E-state index contributed by atoms with van der Waals surface area (Å²) < 4.78 is 49.6. The van der Waals surface area contributed by atoms with E-state index in [4.69, 9.17) is 32.8 Å². The Balaban J connectivity index is 1.19. The van der Waals surface area contributed by atoms with E-state index in [0.29, 0.717) is 13.0 Å². The van der Waals surface area contributed by atoms with Gasteiger partial charge in [-0.15, -0.1) is 0 Å². The Morgan fingerprint density at radius 1 is 0.679 bits per heavy atom. The van der Waals surface area contributed by atoms with Crippen LogP contribution in [0.1, 0.15) is 97.0 Å². The van der Waals surface area contributed by atoms with Gasteiger partial charge in [0.25, 0.3) is 0 Å². The lowest BCUT2D eigenvalue weighted by molar-refractivity contribution is -0.228. The number of carbonyl (C=O) groups is 1. The van der Waals surface area contributed by atoms with E-state index >= 15 is 4.79 Å². The zero-order valence-corrected chi connectivity index (χ0v) is 35.1. The lowest BCUT2D eigenvalue weighted by atomic mass is 9.84. The molecule has 0 amide bonds. The summed E-state index contributed by atoms with van der Waals surface area (Å²) in [5.74, 6) is -1.79. The largest absolute Gasteiger partial charge is 0.454 e. The summed E-state index contributed by atoms with van der Waals surface area (Å²) in [6, 6.07) is 20.7. The van der Waals surface area contributed by atoms with Gasteiger partial charge in [0.15, 0.2) is 31.6 Å². The van der Waals surface area contributed by atoms with Crippen molar-refractivity contribution < 1.29 is 37.6 Å². The van der Waals surface area contributed by atoms with Gasteiger partial charge in [-0.25, -0.2) is 4.79 Å². The topological polar surface area (TPSA) is 81.7 Å². The first-order chi connectivity index (χ1) is 25.2. The van der Waals surface area contributed by atoms with Gasteiger partial charge >= 0.3 is 5.97 Å². The van der Waals surface area contributed by atoms with E-state index in [-0.39, 0.29) is 22.7 Å². The van der Waals surface area contributed by atoms with Gasteiger partial charge in [-0.2, -0.15) is 0 Å². The molecule has 3 heterocycles. The summed E-state index contributed by atoms with van der Waals surface area (Å²) in [4.78, 5) is 15.4. The van der Waals surface area contributed by atoms with E-state index in [0.717, 1.165) is 63.4 Å². The zero-order valence-electron chi connectivity index (χ0n) is 33.1. The second kappa shape index (κ2) is 13.9. The van der Waals surface area contributed by atoms with Crippen LogP contribution in [0.3, 0.4) is 0 Å². The van der Waals surface area contributed by atoms with Crippen molar-refractivity contribution in [1.29, 1.82) is 0 Å². The van der Waals surface area contributed by atoms with Crippen LogP contribution in [0.4, 0.5) is 0 Å². The number of carbonyl (C=O) groups excluding carboxylic acids is 1. The van der Waals surface area contributed by atoms with Crippen LogP contribution in [0.25, 0.3) is 0 Å². The average Bonchev–Trinajstić information content (AvgIpc) is 3.86. The summed E-state index contributed by atoms with van der Waals surface area (Å²) >= 11 is 0. The smallest absolute Gasteiger partial charge is 0.343 e. The Labute approximate surface area is 319 Å². The van der Waals surface area contributed by atoms with Crippen molar-refractivity contribution >= 4 is 27.5 Å². The fraction of sp³-hybridized carbons (Fsp3) is 0.698. The van der Waals surface area contributed by atoms with E-state index in [1.807, 2.05) is 30.3 Å². The number of hydrogen-bond acceptors (Lipinski definition) is 8. The fourth-order valence-corrected chi connectivity index (χ4v) is 13.9. The predicted molar refractivity (Wildman–Crippen MR) is 209 cm³/mol. The maximum absolute atomic E-state index is 15.4. The summed E-state index contributed by atoms with van der Waals surface area (Å²) in [5, 5.41) is 1.27. The minimum absolute atomic E-state index is 0.0891. The van der Waals surface area contributed by atoms with Crippen LogP contribution in [0.2, 0.25) is 36.8 Å². The number of ether oxygens (including phenoxy) is 6. The van der Waals surface area contributed by atoms with Crippen LogP contribution in [0, 0.1) is 0 Å². The molecule has 3 aliphatic carbocycles. The van der Waals surface area contributed by atoms with E-state index in [2.05, 4.69) is 77.3 Å². The van der Waals surface area contributed by atoms with Gasteiger partial charge in [0, 0.05) is 32.3 Å². The standard InChI is InChI=1S/C43H62O8Si2/c1-40(2,3)53(6,7)51-38-33(34-35(48-41(47-34)24-16-10-17-25-41)36-37(38)50-42(49-36)26-18-11-19-27-42)46-39(44)43(30-20-12-8-13-21-30)28-32(29-45-43)52(4,5)31-22-14-9-15-23-31/h8-9,12-15,20-23,32-38H,10-11,16-19,24-29H2,1-7H3/t32-,33+,34+,35+,36-,37-,38-,43+/m1/s1. The van der Waals surface area contributed by atoms with Crippen molar-refractivity contribution in [3.8, 4) is 0 Å². The summed E-state index contributed by atoms with van der Waals surface area (Å²) in [6.45, 7) is 16.6. The highest BCUT2D eigenvalue weighted by Gasteiger charge is 2.69. The number of hydrogen-bond donors (Lipinski definition) is 0. The van der Waals surface area contributed by atoms with Crippen LogP contribution < -0.4 is 5.19 Å². The first kappa shape index (κ1) is 38.0. The lowest BCUT2D eigenvalue weighted by Crippen LogP contribution is -2.66. The molecule has 2 spiro atoms. The molecule has 8 atom stereocenters. The Bertz CT molecular complexity index is 1600. The Hall–Kier alpha value is -1.90. The van der Waals surface area contributed by atoms with Gasteiger partial charge < -0.3 is 32.8 Å². The molecule has 0 bridgehead atoms. The molecule has 0 aromatic heterocycles. The first-order valence-electron chi connectivity index (χ1n) is 20.5. The summed E-state index contributed by atoms with van der Waals surface area (Å²) in [5.41, 5.74) is -0.237. The highest BCUT2D eigenvalue weighted by atomic mass is 28.4. The third-order valence-corrected chi connectivity index (χ3v) is 22.9. The maximum Gasteiger partial charge on any atom is 0.343 e. The molecule has 8 rings (SSSR count). The maximum atomic E-state index is 15.4. The molecule has 6 fully saturated rings. The molecule has 0 unspecified atom stereocenters. The van der Waals surface area contributed by atoms with Crippen LogP contribution in [-0.2, 0) is 43.2 Å². The third kappa shape index (κ3) is 6.75. The van der Waals surface area contributed by atoms with Crippen LogP contribution >= 0.6 is 0 Å². The van der Waals surface area contributed by atoms with Gasteiger partial charge in [-0.05, 0) is 61.3 Å². The van der Waals surface area contributed by atoms with Crippen LogP contribution in [0.15, 0.2) is 60.7 Å². The van der Waals surface area contributed by atoms with Crippen molar-refractivity contribution in [1.82, 2.24) is 0 Å². The molecule has 10 heteroatoms. The SMILES string of the molecule is CC(C)(C)[Si](C)(C)O[C@@H]1[C@@H](OC(=O)[C@@]2(c3ccccc3)C[C@@H]([Si](C)(C)c3ccccc3)CO2)[C@@H]2OC3(CCCCC3)O[C@@H]2[C@H]2OC3(CCCCC3)O[C@H]21. The number of esters is 1. The van der Waals surface area contributed by atoms with Gasteiger partial charge in [-0.3, -0.25) is 0 Å². The van der Waals surface area contributed by atoms with Gasteiger partial charge in [-0.1, -0.05) is 113 Å². The molecular weight excluding hydrogens is 701 g/mol. The molecule has 2 aromatic rings.